The highest BCUT2D eigenvalue weighted by Crippen LogP contribution is 2.26. The van der Waals surface area contributed by atoms with Gasteiger partial charge < -0.3 is 19.1 Å². The molecule has 0 radical (unpaired) electrons. The van der Waals surface area contributed by atoms with Crippen molar-refractivity contribution in [2.75, 3.05) is 13.7 Å². The molecule has 0 saturated heterocycles. The fraction of sp³-hybridized carbons (Fsp3) is 0.208. The van der Waals surface area contributed by atoms with Gasteiger partial charge in [0.15, 0.2) is 0 Å². The molecule has 0 bridgehead atoms. The summed E-state index contributed by atoms with van der Waals surface area (Å²) in [5.74, 6) is 0.309. The molecule has 0 aliphatic carbocycles. The fourth-order valence-electron chi connectivity index (χ4n) is 4.11. The Morgan fingerprint density at radius 3 is 2.73 bits per heavy atom. The number of nitrogens with zero attached hydrogens (tertiary/aromatic N) is 4. The van der Waals surface area contributed by atoms with Crippen molar-refractivity contribution in [2.24, 2.45) is 5.16 Å². The Bertz CT molecular complexity index is 1520. The van der Waals surface area contributed by atoms with Gasteiger partial charge in [0, 0.05) is 6.20 Å². The zero-order valence-corrected chi connectivity index (χ0v) is 18.4. The van der Waals surface area contributed by atoms with Crippen LogP contribution in [-0.2, 0) is 10.4 Å². The van der Waals surface area contributed by atoms with Crippen LogP contribution in [0.1, 0.15) is 23.7 Å². The minimum atomic E-state index is -0.842. The standard InChI is InChI=1S/C24H22FN5O3/c1-15-12-29(14-26-15)20-9-4-16(11-21(20)32-3)10-19-22-28-33-13-24(2,30(22)23(31)27-19)17-5-7-18(25)8-6-17/h4-12,14H,13H2,1-3H3,(H,27,31). The van der Waals surface area contributed by atoms with Gasteiger partial charge in [-0.05, 0) is 55.3 Å². The number of fused-ring (bicyclic) bond motifs is 1. The molecule has 1 aliphatic heterocycles. The van der Waals surface area contributed by atoms with Crippen LogP contribution in [0.2, 0.25) is 0 Å². The summed E-state index contributed by atoms with van der Waals surface area (Å²) in [6.45, 7) is 3.93. The number of benzene rings is 2. The van der Waals surface area contributed by atoms with E-state index in [0.717, 1.165) is 22.5 Å². The Balaban J connectivity index is 1.62. The van der Waals surface area contributed by atoms with Gasteiger partial charge >= 0.3 is 5.69 Å². The maximum Gasteiger partial charge on any atom is 0.328 e. The molecule has 2 aromatic carbocycles. The fourth-order valence-corrected chi connectivity index (χ4v) is 4.11. The van der Waals surface area contributed by atoms with Gasteiger partial charge in [-0.2, -0.15) is 0 Å². The van der Waals surface area contributed by atoms with Crippen LogP contribution in [0.25, 0.3) is 11.8 Å². The predicted octanol–water partition coefficient (Wildman–Crippen LogP) is 1.98. The van der Waals surface area contributed by atoms with Gasteiger partial charge in [-0.15, -0.1) is 0 Å². The molecule has 1 aliphatic rings. The molecule has 0 amide bonds. The second-order valence-corrected chi connectivity index (χ2v) is 8.15. The number of halogens is 1. The number of rotatable bonds is 4. The van der Waals surface area contributed by atoms with Crippen molar-refractivity contribution in [2.45, 2.75) is 19.4 Å². The van der Waals surface area contributed by atoms with E-state index in [4.69, 9.17) is 9.57 Å². The van der Waals surface area contributed by atoms with Gasteiger partial charge in [0.25, 0.3) is 0 Å². The molecule has 168 valence electrons. The van der Waals surface area contributed by atoms with Crippen LogP contribution in [0.5, 0.6) is 5.75 Å². The Morgan fingerprint density at radius 1 is 1.24 bits per heavy atom. The molecular formula is C24H22FN5O3. The van der Waals surface area contributed by atoms with Crippen molar-refractivity contribution in [3.05, 3.63) is 98.9 Å². The number of imidazole rings is 2. The van der Waals surface area contributed by atoms with Crippen LogP contribution in [0, 0.1) is 12.7 Å². The number of hydrogen-bond acceptors (Lipinski definition) is 5. The third-order valence-electron chi connectivity index (χ3n) is 5.86. The second-order valence-electron chi connectivity index (χ2n) is 8.15. The summed E-state index contributed by atoms with van der Waals surface area (Å²) in [5.41, 5.74) is 2.50. The zero-order valence-electron chi connectivity index (χ0n) is 18.4. The molecule has 8 nitrogen and oxygen atoms in total. The largest absolute Gasteiger partial charge is 0.495 e. The van der Waals surface area contributed by atoms with Gasteiger partial charge in [-0.3, -0.25) is 4.57 Å². The molecule has 5 rings (SSSR count). The number of aromatic amines is 1. The monoisotopic (exact) mass is 447 g/mol. The van der Waals surface area contributed by atoms with Crippen molar-refractivity contribution in [1.29, 1.82) is 0 Å². The summed E-state index contributed by atoms with van der Waals surface area (Å²) in [6, 6.07) is 11.7. The maximum atomic E-state index is 13.5. The van der Waals surface area contributed by atoms with E-state index >= 15 is 0 Å². The minimum Gasteiger partial charge on any atom is -0.495 e. The summed E-state index contributed by atoms with van der Waals surface area (Å²) in [5, 5.41) is 4.64. The average Bonchev–Trinajstić information content (AvgIpc) is 3.38. The van der Waals surface area contributed by atoms with Gasteiger partial charge in [0.1, 0.15) is 23.7 Å². The highest BCUT2D eigenvalue weighted by Gasteiger charge is 2.36. The number of nitrogens with one attached hydrogen (secondary N) is 1. The van der Waals surface area contributed by atoms with Crippen molar-refractivity contribution < 1.29 is 14.0 Å². The number of aromatic nitrogens is 4. The van der Waals surface area contributed by atoms with Crippen LogP contribution in [0.3, 0.4) is 0 Å². The first-order valence-corrected chi connectivity index (χ1v) is 10.4. The van der Waals surface area contributed by atoms with Gasteiger partial charge in [-0.25, -0.2) is 14.2 Å². The van der Waals surface area contributed by atoms with Gasteiger partial charge in [0.2, 0.25) is 5.49 Å². The Morgan fingerprint density at radius 2 is 2.03 bits per heavy atom. The van der Waals surface area contributed by atoms with E-state index in [0.29, 0.717) is 16.6 Å². The van der Waals surface area contributed by atoms with E-state index < -0.39 is 5.54 Å². The van der Waals surface area contributed by atoms with E-state index in [2.05, 4.69) is 15.1 Å². The van der Waals surface area contributed by atoms with Crippen molar-refractivity contribution >= 4 is 6.08 Å². The van der Waals surface area contributed by atoms with Crippen LogP contribution >= 0.6 is 0 Å². The lowest BCUT2D eigenvalue weighted by Crippen LogP contribution is -2.52. The quantitative estimate of drug-likeness (QED) is 0.518. The van der Waals surface area contributed by atoms with Crippen LogP contribution in [0.4, 0.5) is 4.39 Å². The molecule has 2 aromatic heterocycles. The summed E-state index contributed by atoms with van der Waals surface area (Å²) in [7, 11) is 1.60. The third-order valence-corrected chi connectivity index (χ3v) is 5.86. The number of aryl methyl sites for hydroxylation is 1. The van der Waals surface area contributed by atoms with Crippen LogP contribution < -0.4 is 21.3 Å². The van der Waals surface area contributed by atoms with Gasteiger partial charge in [-0.1, -0.05) is 23.4 Å². The highest BCUT2D eigenvalue weighted by atomic mass is 19.1. The molecule has 3 heterocycles. The molecule has 0 spiro atoms. The topological polar surface area (TPSA) is 86.4 Å². The molecule has 33 heavy (non-hydrogen) atoms. The minimum absolute atomic E-state index is 0.148. The lowest BCUT2D eigenvalue weighted by Gasteiger charge is -2.31. The number of H-pyrrole nitrogens is 1. The number of hydrogen-bond donors (Lipinski definition) is 1. The lowest BCUT2D eigenvalue weighted by molar-refractivity contribution is 0.0439. The van der Waals surface area contributed by atoms with E-state index in [-0.39, 0.29) is 18.1 Å². The maximum absolute atomic E-state index is 13.5. The SMILES string of the molecule is COc1cc(C=c2[nH]c(=O)n3c2=NOCC3(C)c2ccc(F)cc2)ccc1-n1cnc(C)c1. The van der Waals surface area contributed by atoms with E-state index in [1.165, 1.54) is 12.1 Å². The molecular weight excluding hydrogens is 425 g/mol. The Labute approximate surface area is 188 Å². The van der Waals surface area contributed by atoms with Crippen molar-refractivity contribution in [3.8, 4) is 11.4 Å². The number of methoxy groups -OCH3 is 1. The Hall–Kier alpha value is -4.14. The van der Waals surface area contributed by atoms with Crippen LogP contribution in [0.15, 0.2) is 64.9 Å². The smallest absolute Gasteiger partial charge is 0.328 e. The van der Waals surface area contributed by atoms with Crippen LogP contribution in [-0.4, -0.2) is 32.8 Å². The summed E-state index contributed by atoms with van der Waals surface area (Å²) in [6.07, 6.45) is 5.45. The molecule has 9 heteroatoms. The first-order valence-electron chi connectivity index (χ1n) is 10.4. The van der Waals surface area contributed by atoms with E-state index in [9.17, 15) is 9.18 Å². The molecule has 0 saturated carbocycles. The highest BCUT2D eigenvalue weighted by molar-refractivity contribution is 5.58. The molecule has 0 fully saturated rings. The first kappa shape index (κ1) is 20.7. The lowest BCUT2D eigenvalue weighted by atomic mass is 9.92. The average molecular weight is 447 g/mol. The first-order chi connectivity index (χ1) is 15.9. The second kappa shape index (κ2) is 7.77. The third kappa shape index (κ3) is 3.51. The molecule has 1 unspecified atom stereocenters. The summed E-state index contributed by atoms with van der Waals surface area (Å²) >= 11 is 0. The van der Waals surface area contributed by atoms with Gasteiger partial charge in [0.05, 0.1) is 30.2 Å². The normalized spacial score (nSPS) is 17.9. The molecule has 1 atom stereocenters. The molecule has 4 aromatic rings. The molecule has 1 N–H and O–H groups in total. The van der Waals surface area contributed by atoms with Crippen molar-refractivity contribution in [3.63, 3.8) is 0 Å². The van der Waals surface area contributed by atoms with E-state index in [1.807, 2.05) is 48.9 Å². The predicted molar refractivity (Wildman–Crippen MR) is 119 cm³/mol. The Kier molecular flexibility index (Phi) is 4.88. The summed E-state index contributed by atoms with van der Waals surface area (Å²) in [4.78, 5) is 25.6. The summed E-state index contributed by atoms with van der Waals surface area (Å²) < 4.78 is 22.5. The van der Waals surface area contributed by atoms with E-state index in [1.54, 1.807) is 30.1 Å². The van der Waals surface area contributed by atoms with Crippen molar-refractivity contribution in [1.82, 2.24) is 19.1 Å². The zero-order chi connectivity index (χ0) is 23.2. The number of ether oxygens (including phenoxy) is 1.